The molecule has 0 radical (unpaired) electrons. The van der Waals surface area contributed by atoms with E-state index in [1.54, 1.807) is 0 Å². The highest BCUT2D eigenvalue weighted by Crippen LogP contribution is 2.24. The number of aliphatic hydroxyl groups excluding tert-OH is 1. The summed E-state index contributed by atoms with van der Waals surface area (Å²) >= 11 is 0. The molecule has 1 aliphatic carbocycles. The van der Waals surface area contributed by atoms with Gasteiger partial charge in [0.1, 0.15) is 0 Å². The molecule has 2 heteroatoms. The fraction of sp³-hybridized carbons (Fsp3) is 1.00. The van der Waals surface area contributed by atoms with Crippen molar-refractivity contribution in [3.63, 3.8) is 0 Å². The van der Waals surface area contributed by atoms with Crippen molar-refractivity contribution in [3.05, 3.63) is 0 Å². The van der Waals surface area contributed by atoms with E-state index in [1.165, 1.54) is 38.6 Å². The molecule has 0 saturated heterocycles. The fourth-order valence-electron chi connectivity index (χ4n) is 2.81. The first-order valence-corrected chi connectivity index (χ1v) is 7.55. The molecule has 102 valence electrons. The summed E-state index contributed by atoms with van der Waals surface area (Å²) in [6.07, 6.45) is 8.63. The van der Waals surface area contributed by atoms with Crippen molar-refractivity contribution in [3.8, 4) is 0 Å². The van der Waals surface area contributed by atoms with Gasteiger partial charge in [-0.15, -0.1) is 0 Å². The Kier molecular flexibility index (Phi) is 7.14. The molecule has 0 spiro atoms. The molecule has 1 unspecified atom stereocenters. The topological polar surface area (TPSA) is 23.5 Å². The Bertz CT molecular complexity index is 187. The standard InChI is InChI=1S/C15H31NO/c1-4-7-15(17)12-16(11-10-13(2)3)14-8-5-6-9-14/h13-15,17H,4-12H2,1-3H3. The number of aliphatic hydroxyl groups is 1. The van der Waals surface area contributed by atoms with E-state index in [2.05, 4.69) is 25.7 Å². The third-order valence-corrected chi connectivity index (χ3v) is 3.90. The molecule has 1 rings (SSSR count). The lowest BCUT2D eigenvalue weighted by atomic mass is 10.1. The Hall–Kier alpha value is -0.0800. The van der Waals surface area contributed by atoms with Crippen LogP contribution in [-0.2, 0) is 0 Å². The van der Waals surface area contributed by atoms with Gasteiger partial charge in [0.05, 0.1) is 6.10 Å². The summed E-state index contributed by atoms with van der Waals surface area (Å²) in [5.41, 5.74) is 0. The van der Waals surface area contributed by atoms with E-state index in [1.807, 2.05) is 0 Å². The van der Waals surface area contributed by atoms with E-state index in [9.17, 15) is 5.11 Å². The van der Waals surface area contributed by atoms with Gasteiger partial charge in [-0.3, -0.25) is 4.90 Å². The lowest BCUT2D eigenvalue weighted by Gasteiger charge is -2.31. The monoisotopic (exact) mass is 241 g/mol. The second-order valence-electron chi connectivity index (χ2n) is 6.06. The summed E-state index contributed by atoms with van der Waals surface area (Å²) in [6, 6.07) is 0.750. The van der Waals surface area contributed by atoms with Crippen LogP contribution >= 0.6 is 0 Å². The van der Waals surface area contributed by atoms with E-state index in [0.717, 1.165) is 31.3 Å². The lowest BCUT2D eigenvalue weighted by molar-refractivity contribution is 0.0785. The predicted octanol–water partition coefficient (Wildman–Crippen LogP) is 3.44. The first-order valence-electron chi connectivity index (χ1n) is 7.55. The van der Waals surface area contributed by atoms with Gasteiger partial charge in [0.25, 0.3) is 0 Å². The van der Waals surface area contributed by atoms with Crippen LogP contribution in [0.4, 0.5) is 0 Å². The number of hydrogen-bond acceptors (Lipinski definition) is 2. The Morgan fingerprint density at radius 3 is 2.35 bits per heavy atom. The fourth-order valence-corrected chi connectivity index (χ4v) is 2.81. The second-order valence-corrected chi connectivity index (χ2v) is 6.06. The summed E-state index contributed by atoms with van der Waals surface area (Å²) in [5.74, 6) is 0.766. The molecular weight excluding hydrogens is 210 g/mol. The summed E-state index contributed by atoms with van der Waals surface area (Å²) in [4.78, 5) is 2.56. The van der Waals surface area contributed by atoms with Crippen LogP contribution < -0.4 is 0 Å². The van der Waals surface area contributed by atoms with Crippen molar-refractivity contribution in [2.45, 2.75) is 77.9 Å². The molecule has 0 aromatic heterocycles. The zero-order valence-corrected chi connectivity index (χ0v) is 12.0. The van der Waals surface area contributed by atoms with E-state index in [-0.39, 0.29) is 6.10 Å². The normalized spacial score (nSPS) is 19.4. The van der Waals surface area contributed by atoms with Crippen LogP contribution in [0, 0.1) is 5.92 Å². The molecule has 0 aromatic carbocycles. The van der Waals surface area contributed by atoms with Crippen LogP contribution in [0.1, 0.15) is 65.7 Å². The minimum absolute atomic E-state index is 0.118. The van der Waals surface area contributed by atoms with Crippen molar-refractivity contribution in [2.75, 3.05) is 13.1 Å². The largest absolute Gasteiger partial charge is 0.392 e. The van der Waals surface area contributed by atoms with E-state index < -0.39 is 0 Å². The zero-order chi connectivity index (χ0) is 12.7. The SMILES string of the molecule is CCCC(O)CN(CCC(C)C)C1CCCC1. The third-order valence-electron chi connectivity index (χ3n) is 3.90. The molecule has 17 heavy (non-hydrogen) atoms. The number of nitrogens with zero attached hydrogens (tertiary/aromatic N) is 1. The molecular formula is C15H31NO. The Labute approximate surface area is 107 Å². The van der Waals surface area contributed by atoms with E-state index >= 15 is 0 Å². The molecule has 1 atom stereocenters. The molecule has 0 aromatic rings. The van der Waals surface area contributed by atoms with Crippen molar-refractivity contribution >= 4 is 0 Å². The van der Waals surface area contributed by atoms with Gasteiger partial charge in [0.2, 0.25) is 0 Å². The first-order chi connectivity index (χ1) is 8.13. The van der Waals surface area contributed by atoms with Crippen LogP contribution in [0.3, 0.4) is 0 Å². The Morgan fingerprint density at radius 1 is 1.18 bits per heavy atom. The highest BCUT2D eigenvalue weighted by molar-refractivity contribution is 4.79. The van der Waals surface area contributed by atoms with Crippen molar-refractivity contribution in [2.24, 2.45) is 5.92 Å². The van der Waals surface area contributed by atoms with Crippen LogP contribution in [0.5, 0.6) is 0 Å². The van der Waals surface area contributed by atoms with Gasteiger partial charge in [-0.25, -0.2) is 0 Å². The molecule has 1 aliphatic rings. The maximum Gasteiger partial charge on any atom is 0.0667 e. The minimum Gasteiger partial charge on any atom is -0.392 e. The minimum atomic E-state index is -0.118. The van der Waals surface area contributed by atoms with Gasteiger partial charge in [0.15, 0.2) is 0 Å². The molecule has 0 amide bonds. The summed E-state index contributed by atoms with van der Waals surface area (Å²) < 4.78 is 0. The van der Waals surface area contributed by atoms with Crippen molar-refractivity contribution in [1.82, 2.24) is 4.90 Å². The summed E-state index contributed by atoms with van der Waals surface area (Å²) in [7, 11) is 0. The van der Waals surface area contributed by atoms with Crippen LogP contribution in [0.15, 0.2) is 0 Å². The first kappa shape index (κ1) is 15.0. The number of hydrogen-bond donors (Lipinski definition) is 1. The molecule has 0 heterocycles. The van der Waals surface area contributed by atoms with Gasteiger partial charge >= 0.3 is 0 Å². The average molecular weight is 241 g/mol. The maximum absolute atomic E-state index is 10.0. The van der Waals surface area contributed by atoms with Crippen LogP contribution in [0.25, 0.3) is 0 Å². The second kappa shape index (κ2) is 8.10. The molecule has 0 bridgehead atoms. The highest BCUT2D eigenvalue weighted by Gasteiger charge is 2.23. The summed E-state index contributed by atoms with van der Waals surface area (Å²) in [5, 5.41) is 10.0. The molecule has 1 N–H and O–H groups in total. The van der Waals surface area contributed by atoms with Gasteiger partial charge in [-0.2, -0.15) is 0 Å². The maximum atomic E-state index is 10.0. The third kappa shape index (κ3) is 5.87. The molecule has 0 aliphatic heterocycles. The Morgan fingerprint density at radius 2 is 1.82 bits per heavy atom. The average Bonchev–Trinajstić information content (AvgIpc) is 2.77. The summed E-state index contributed by atoms with van der Waals surface area (Å²) in [6.45, 7) is 8.79. The highest BCUT2D eigenvalue weighted by atomic mass is 16.3. The quantitative estimate of drug-likeness (QED) is 0.703. The van der Waals surface area contributed by atoms with Crippen molar-refractivity contribution < 1.29 is 5.11 Å². The van der Waals surface area contributed by atoms with Gasteiger partial charge in [-0.1, -0.05) is 40.0 Å². The van der Waals surface area contributed by atoms with E-state index in [0.29, 0.717) is 0 Å². The molecule has 1 saturated carbocycles. The van der Waals surface area contributed by atoms with Crippen molar-refractivity contribution in [1.29, 1.82) is 0 Å². The molecule has 1 fully saturated rings. The van der Waals surface area contributed by atoms with Gasteiger partial charge in [0, 0.05) is 12.6 Å². The van der Waals surface area contributed by atoms with Crippen LogP contribution in [0.2, 0.25) is 0 Å². The number of rotatable bonds is 8. The Balaban J connectivity index is 2.39. The van der Waals surface area contributed by atoms with E-state index in [4.69, 9.17) is 0 Å². The smallest absolute Gasteiger partial charge is 0.0667 e. The van der Waals surface area contributed by atoms with Gasteiger partial charge < -0.3 is 5.11 Å². The van der Waals surface area contributed by atoms with Gasteiger partial charge in [-0.05, 0) is 38.1 Å². The predicted molar refractivity (Wildman–Crippen MR) is 74.2 cm³/mol. The molecule has 2 nitrogen and oxygen atoms in total. The lowest BCUT2D eigenvalue weighted by Crippen LogP contribution is -2.40. The van der Waals surface area contributed by atoms with Crippen LogP contribution in [-0.4, -0.2) is 35.2 Å². The zero-order valence-electron chi connectivity index (χ0n) is 12.0.